The highest BCUT2D eigenvalue weighted by atomic mass is 19.4. The smallest absolute Gasteiger partial charge is 0.368 e. The zero-order valence-electron chi connectivity index (χ0n) is 24.4. The second-order valence-corrected chi connectivity index (χ2v) is 11.2. The van der Waals surface area contributed by atoms with E-state index in [1.54, 1.807) is 18.2 Å². The van der Waals surface area contributed by atoms with Crippen LogP contribution in [0.4, 0.5) is 27.6 Å². The number of carbonyl (C=O) groups excluding carboxylic acids is 1. The molecule has 6 rings (SSSR count). The first-order chi connectivity index (χ1) is 22.1. The van der Waals surface area contributed by atoms with Gasteiger partial charge in [-0.25, -0.2) is 13.5 Å². The third-order valence-corrected chi connectivity index (χ3v) is 7.68. The topological polar surface area (TPSA) is 82.2 Å². The Labute approximate surface area is 261 Å². The van der Waals surface area contributed by atoms with E-state index >= 15 is 4.39 Å². The van der Waals surface area contributed by atoms with E-state index in [0.29, 0.717) is 29.7 Å². The number of ether oxygens (including phenoxy) is 1. The number of halogens is 5. The van der Waals surface area contributed by atoms with Crippen LogP contribution in [-0.4, -0.2) is 22.3 Å². The minimum absolute atomic E-state index is 0.0187. The molecule has 11 heteroatoms. The maximum atomic E-state index is 15.5. The van der Waals surface area contributed by atoms with Crippen LogP contribution in [0.1, 0.15) is 51.8 Å². The van der Waals surface area contributed by atoms with E-state index in [1.807, 2.05) is 30.3 Å². The van der Waals surface area contributed by atoms with E-state index in [9.17, 15) is 22.4 Å². The third kappa shape index (κ3) is 7.00. The predicted molar refractivity (Wildman–Crippen MR) is 163 cm³/mol. The van der Waals surface area contributed by atoms with Gasteiger partial charge in [0, 0.05) is 23.9 Å². The van der Waals surface area contributed by atoms with Gasteiger partial charge < -0.3 is 15.8 Å². The van der Waals surface area contributed by atoms with Crippen molar-refractivity contribution in [3.63, 3.8) is 0 Å². The van der Waals surface area contributed by atoms with Gasteiger partial charge in [-0.2, -0.15) is 18.3 Å². The second-order valence-electron chi connectivity index (χ2n) is 11.2. The van der Waals surface area contributed by atoms with Crippen LogP contribution in [0.15, 0.2) is 97.1 Å². The monoisotopic (exact) mass is 632 g/mol. The molecular formula is C35H29F5N4O2. The van der Waals surface area contributed by atoms with Gasteiger partial charge in [0.2, 0.25) is 0 Å². The van der Waals surface area contributed by atoms with Crippen LogP contribution < -0.4 is 11.1 Å². The number of benzene rings is 4. The van der Waals surface area contributed by atoms with Crippen LogP contribution in [0.2, 0.25) is 0 Å². The lowest BCUT2D eigenvalue weighted by molar-refractivity contribution is -0.141. The summed E-state index contributed by atoms with van der Waals surface area (Å²) in [6, 6.07) is 24.3. The number of nitrogens with two attached hydrogens (primary N) is 1. The van der Waals surface area contributed by atoms with Crippen molar-refractivity contribution in [2.45, 2.75) is 31.7 Å². The Hall–Kier alpha value is -4.87. The predicted octanol–water partition coefficient (Wildman–Crippen LogP) is 8.06. The lowest BCUT2D eigenvalue weighted by Gasteiger charge is -2.20. The van der Waals surface area contributed by atoms with Crippen molar-refractivity contribution >= 4 is 11.6 Å². The number of nitrogens with one attached hydrogen (secondary N) is 1. The van der Waals surface area contributed by atoms with Crippen LogP contribution in [0.3, 0.4) is 0 Å². The van der Waals surface area contributed by atoms with Gasteiger partial charge in [0.15, 0.2) is 5.69 Å². The van der Waals surface area contributed by atoms with Gasteiger partial charge in [0.1, 0.15) is 23.4 Å². The Kier molecular flexibility index (Phi) is 8.70. The normalized spacial score (nSPS) is 13.9. The van der Waals surface area contributed by atoms with Crippen molar-refractivity contribution in [3.05, 3.63) is 137 Å². The van der Waals surface area contributed by atoms with Crippen LogP contribution in [0.5, 0.6) is 0 Å². The number of hydrogen-bond acceptors (Lipinski definition) is 4. The Morgan fingerprint density at radius 2 is 1.72 bits per heavy atom. The van der Waals surface area contributed by atoms with Crippen molar-refractivity contribution in [2.75, 3.05) is 11.9 Å². The van der Waals surface area contributed by atoms with Gasteiger partial charge in [0.05, 0.1) is 12.3 Å². The maximum Gasteiger partial charge on any atom is 0.435 e. The fourth-order valence-electron chi connectivity index (χ4n) is 5.16. The molecule has 46 heavy (non-hydrogen) atoms. The summed E-state index contributed by atoms with van der Waals surface area (Å²) >= 11 is 0. The highest BCUT2D eigenvalue weighted by Gasteiger charge is 2.36. The highest BCUT2D eigenvalue weighted by Crippen LogP contribution is 2.36. The summed E-state index contributed by atoms with van der Waals surface area (Å²) in [4.78, 5) is 13.2. The second kappa shape index (κ2) is 12.9. The molecule has 0 spiro atoms. The average molecular weight is 633 g/mol. The van der Waals surface area contributed by atoms with Crippen molar-refractivity contribution < 1.29 is 31.5 Å². The average Bonchev–Trinajstić information content (AvgIpc) is 3.74. The van der Waals surface area contributed by atoms with Gasteiger partial charge in [0.25, 0.3) is 5.91 Å². The summed E-state index contributed by atoms with van der Waals surface area (Å²) < 4.78 is 78.3. The Bertz CT molecular complexity index is 1870. The molecule has 1 aromatic heterocycles. The van der Waals surface area contributed by atoms with E-state index in [-0.39, 0.29) is 29.0 Å². The van der Waals surface area contributed by atoms with Crippen LogP contribution in [0, 0.1) is 17.6 Å². The molecule has 1 saturated carbocycles. The first-order valence-corrected chi connectivity index (χ1v) is 14.6. The number of amides is 1. The summed E-state index contributed by atoms with van der Waals surface area (Å²) in [6.07, 6.45) is -3.21. The summed E-state index contributed by atoms with van der Waals surface area (Å²) in [7, 11) is 0. The van der Waals surface area contributed by atoms with Gasteiger partial charge in [-0.3, -0.25) is 4.79 Å². The molecule has 4 aromatic carbocycles. The molecule has 0 saturated heterocycles. The quantitative estimate of drug-likeness (QED) is 0.153. The molecule has 5 aromatic rings. The first kappa shape index (κ1) is 31.1. The molecule has 0 radical (unpaired) electrons. The fraction of sp³-hybridized carbons (Fsp3) is 0.200. The Balaban J connectivity index is 1.28. The van der Waals surface area contributed by atoms with Gasteiger partial charge in [-0.1, -0.05) is 42.5 Å². The molecule has 1 fully saturated rings. The van der Waals surface area contributed by atoms with Crippen molar-refractivity contribution in [3.8, 4) is 16.8 Å². The number of aromatic nitrogens is 2. The number of nitrogens with zero attached hydrogens (tertiary/aromatic N) is 2. The zero-order chi connectivity index (χ0) is 32.4. The first-order valence-electron chi connectivity index (χ1n) is 14.6. The molecule has 6 nitrogen and oxygen atoms in total. The lowest BCUT2D eigenvalue weighted by Crippen LogP contribution is -2.17. The van der Waals surface area contributed by atoms with E-state index in [0.717, 1.165) is 29.2 Å². The van der Waals surface area contributed by atoms with E-state index in [1.165, 1.54) is 36.4 Å². The number of hydrogen-bond donors (Lipinski definition) is 2. The maximum absolute atomic E-state index is 15.5. The molecule has 1 atom stereocenters. The van der Waals surface area contributed by atoms with Crippen LogP contribution >= 0.6 is 0 Å². The Morgan fingerprint density at radius 3 is 2.41 bits per heavy atom. The summed E-state index contributed by atoms with van der Waals surface area (Å²) in [5.41, 5.74) is 6.46. The van der Waals surface area contributed by atoms with Crippen molar-refractivity contribution in [1.29, 1.82) is 0 Å². The van der Waals surface area contributed by atoms with E-state index < -0.39 is 41.2 Å². The minimum Gasteiger partial charge on any atom is -0.368 e. The standard InChI is InChI=1S/C35H29F5N4O2/c36-26-15-24(14-25(16-26)33(46-20-21-9-10-21)23-6-2-1-3-7-23)29-12-11-27(17-30(29)37)42-34(45)31-18-32(35(38,39)40)43-44(31)28-8-4-5-22(13-28)19-41/h1-8,11-18,21,33H,9-10,19-20,41H2,(H,42,45). The van der Waals surface area contributed by atoms with E-state index in [2.05, 4.69) is 10.4 Å². The molecule has 0 bridgehead atoms. The molecule has 1 unspecified atom stereocenters. The number of anilines is 1. The van der Waals surface area contributed by atoms with Crippen molar-refractivity contribution in [1.82, 2.24) is 9.78 Å². The van der Waals surface area contributed by atoms with Crippen LogP contribution in [-0.2, 0) is 17.5 Å². The van der Waals surface area contributed by atoms with Crippen molar-refractivity contribution in [2.24, 2.45) is 11.7 Å². The molecular weight excluding hydrogens is 603 g/mol. The summed E-state index contributed by atoms with van der Waals surface area (Å²) in [5, 5.41) is 6.06. The zero-order valence-corrected chi connectivity index (χ0v) is 24.4. The molecule has 0 aliphatic heterocycles. The third-order valence-electron chi connectivity index (χ3n) is 7.68. The number of rotatable bonds is 10. The highest BCUT2D eigenvalue weighted by molar-refractivity contribution is 6.03. The molecule has 1 amide bonds. The van der Waals surface area contributed by atoms with Crippen LogP contribution in [0.25, 0.3) is 16.8 Å². The number of alkyl halides is 3. The lowest BCUT2D eigenvalue weighted by atomic mass is 9.96. The SMILES string of the molecule is NCc1cccc(-n2nc(C(F)(F)F)cc2C(=O)Nc2ccc(-c3cc(F)cc(C(OCC4CC4)c4ccccc4)c3)c(F)c2)c1. The molecule has 3 N–H and O–H groups in total. The minimum atomic E-state index is -4.81. The van der Waals surface area contributed by atoms with Gasteiger partial charge >= 0.3 is 6.18 Å². The van der Waals surface area contributed by atoms with Gasteiger partial charge in [-0.15, -0.1) is 0 Å². The summed E-state index contributed by atoms with van der Waals surface area (Å²) in [6.45, 7) is 0.650. The molecule has 1 heterocycles. The number of carbonyl (C=O) groups is 1. The van der Waals surface area contributed by atoms with Gasteiger partial charge in [-0.05, 0) is 89.5 Å². The summed E-state index contributed by atoms with van der Waals surface area (Å²) in [5.74, 6) is -1.83. The van der Waals surface area contributed by atoms with E-state index in [4.69, 9.17) is 10.5 Å². The molecule has 1 aliphatic rings. The molecule has 236 valence electrons. The largest absolute Gasteiger partial charge is 0.435 e. The molecule has 1 aliphatic carbocycles. The Morgan fingerprint density at radius 1 is 0.935 bits per heavy atom. The fourth-order valence-corrected chi connectivity index (χ4v) is 5.16.